The molecule has 4 fully saturated rings. The Balaban J connectivity index is 1.66. The maximum absolute atomic E-state index is 11.6. The molecule has 4 aliphatic rings. The normalized spacial score (nSPS) is 44.5. The Bertz CT molecular complexity index is 730. The molecule has 5 heteroatoms. The molecule has 0 spiro atoms. The maximum atomic E-state index is 11.6. The second-order valence-corrected chi connectivity index (χ2v) is 18.4. The number of carboxylic acid groups (broad SMARTS) is 1. The molecule has 0 aromatic heterocycles. The number of aliphatic carboxylic acids is 1. The Hall–Kier alpha value is -0.393. The summed E-state index contributed by atoms with van der Waals surface area (Å²) < 4.78 is 13.5. The van der Waals surface area contributed by atoms with Crippen LogP contribution in [0.4, 0.5) is 0 Å². The van der Waals surface area contributed by atoms with Crippen molar-refractivity contribution in [2.24, 2.45) is 34.5 Å². The molecule has 4 rings (SSSR count). The van der Waals surface area contributed by atoms with E-state index in [1.54, 1.807) is 0 Å². The summed E-state index contributed by atoms with van der Waals surface area (Å²) in [6.07, 6.45) is 12.7. The van der Waals surface area contributed by atoms with E-state index in [-0.39, 0.29) is 17.1 Å². The summed E-state index contributed by atoms with van der Waals surface area (Å²) in [5, 5.41) is 9.57. The smallest absolute Gasteiger partial charge is 0.329 e. The number of fused-ring (bicyclic) bond motifs is 5. The highest BCUT2D eigenvalue weighted by Crippen LogP contribution is 2.69. The van der Waals surface area contributed by atoms with Crippen LogP contribution in [-0.4, -0.2) is 31.8 Å². The third-order valence-electron chi connectivity index (χ3n) is 11.3. The van der Waals surface area contributed by atoms with Gasteiger partial charge < -0.3 is 14.3 Å². The number of carbonyl (C=O) groups is 1. The van der Waals surface area contributed by atoms with Gasteiger partial charge in [-0.2, -0.15) is 0 Å². The lowest BCUT2D eigenvalue weighted by Crippen LogP contribution is -2.61. The summed E-state index contributed by atoms with van der Waals surface area (Å²) in [6, 6.07) is 0. The molecule has 0 radical (unpaired) electrons. The average molecular weight is 465 g/mol. The van der Waals surface area contributed by atoms with Crippen molar-refractivity contribution in [2.45, 2.75) is 123 Å². The predicted octanol–water partition coefficient (Wildman–Crippen LogP) is 7.24. The van der Waals surface area contributed by atoms with E-state index in [1.807, 2.05) is 0 Å². The summed E-state index contributed by atoms with van der Waals surface area (Å²) in [5.74, 6) is 1.42. The molecular weight excluding hydrogens is 416 g/mol. The van der Waals surface area contributed by atoms with Gasteiger partial charge in [0.15, 0.2) is 14.1 Å². The topological polar surface area (TPSA) is 55.8 Å². The molecule has 7 atom stereocenters. The SMILES string of the molecule is CC(C)(C)[Si](C)(C)O[C@]1(OCC(=O)O)CC[C@H]2[C@@H]3CCC4CCCC[C@]4(C)[C@H]3CC[C@@]21C. The first-order chi connectivity index (χ1) is 14.8. The first-order valence-corrected chi connectivity index (χ1v) is 16.2. The largest absolute Gasteiger partial charge is 0.480 e. The van der Waals surface area contributed by atoms with E-state index in [0.29, 0.717) is 11.3 Å². The van der Waals surface area contributed by atoms with Crippen molar-refractivity contribution in [3.8, 4) is 0 Å². The zero-order valence-electron chi connectivity index (χ0n) is 21.8. The zero-order chi connectivity index (χ0) is 23.6. The average Bonchev–Trinajstić information content (AvgIpc) is 2.97. The molecule has 4 aliphatic carbocycles. The molecule has 0 bridgehead atoms. The van der Waals surface area contributed by atoms with Gasteiger partial charge in [-0.05, 0) is 92.2 Å². The van der Waals surface area contributed by atoms with Crippen LogP contribution in [0.2, 0.25) is 18.1 Å². The first-order valence-electron chi connectivity index (χ1n) is 13.3. The highest BCUT2D eigenvalue weighted by Gasteiger charge is 2.67. The minimum Gasteiger partial charge on any atom is -0.480 e. The van der Waals surface area contributed by atoms with Crippen LogP contribution in [0.15, 0.2) is 0 Å². The standard InChI is InChI=1S/C27H48O4Si/c1-24(2,3)32(6,7)31-27(30-18-23(28)29)17-14-22-20-12-11-19-10-8-9-15-25(19,4)21(20)13-16-26(22,27)5/h19-22H,8-18H2,1-7H3,(H,28,29)/t19?,20-,21+,22+,25+,26+,27-/m1/s1. The fourth-order valence-electron chi connectivity index (χ4n) is 8.43. The third kappa shape index (κ3) is 3.73. The molecule has 4 nitrogen and oxygen atoms in total. The summed E-state index contributed by atoms with van der Waals surface area (Å²) in [6.45, 7) is 16.1. The van der Waals surface area contributed by atoms with Crippen LogP contribution < -0.4 is 0 Å². The number of rotatable bonds is 5. The van der Waals surface area contributed by atoms with Crippen molar-refractivity contribution in [3.63, 3.8) is 0 Å². The van der Waals surface area contributed by atoms with Gasteiger partial charge in [0.1, 0.15) is 6.61 Å². The number of hydrogen-bond acceptors (Lipinski definition) is 3. The molecule has 4 saturated carbocycles. The molecule has 32 heavy (non-hydrogen) atoms. The number of ether oxygens (including phenoxy) is 1. The van der Waals surface area contributed by atoms with Gasteiger partial charge in [0.05, 0.1) is 0 Å². The quantitative estimate of drug-likeness (QED) is 0.344. The van der Waals surface area contributed by atoms with E-state index in [0.717, 1.165) is 37.0 Å². The van der Waals surface area contributed by atoms with Gasteiger partial charge >= 0.3 is 5.97 Å². The Labute approximate surface area is 197 Å². The second kappa shape index (κ2) is 8.08. The number of hydrogen-bond donors (Lipinski definition) is 1. The summed E-state index contributed by atoms with van der Waals surface area (Å²) in [4.78, 5) is 11.6. The zero-order valence-corrected chi connectivity index (χ0v) is 22.8. The molecule has 0 saturated heterocycles. The van der Waals surface area contributed by atoms with E-state index in [9.17, 15) is 9.90 Å². The van der Waals surface area contributed by atoms with Gasteiger partial charge in [0, 0.05) is 11.8 Å². The minimum atomic E-state index is -2.14. The first kappa shape index (κ1) is 24.7. The lowest BCUT2D eigenvalue weighted by molar-refractivity contribution is -0.268. The predicted molar refractivity (Wildman–Crippen MR) is 131 cm³/mol. The van der Waals surface area contributed by atoms with Crippen molar-refractivity contribution >= 4 is 14.3 Å². The fraction of sp³-hybridized carbons (Fsp3) is 0.963. The molecule has 0 aromatic carbocycles. The lowest BCUT2D eigenvalue weighted by atomic mass is 9.45. The summed E-state index contributed by atoms with van der Waals surface area (Å²) in [7, 11) is -2.14. The van der Waals surface area contributed by atoms with Gasteiger partial charge in [0.2, 0.25) is 0 Å². The lowest BCUT2D eigenvalue weighted by Gasteiger charge is -2.62. The monoisotopic (exact) mass is 464 g/mol. The van der Waals surface area contributed by atoms with E-state index in [2.05, 4.69) is 47.7 Å². The van der Waals surface area contributed by atoms with Crippen LogP contribution in [0.3, 0.4) is 0 Å². The summed E-state index contributed by atoms with van der Waals surface area (Å²) in [5.41, 5.74) is 0.410. The highest BCUT2D eigenvalue weighted by atomic mass is 28.4. The Kier molecular flexibility index (Phi) is 6.25. The molecule has 1 N–H and O–H groups in total. The van der Waals surface area contributed by atoms with Crippen LogP contribution in [0, 0.1) is 34.5 Å². The van der Waals surface area contributed by atoms with Gasteiger partial charge in [-0.25, -0.2) is 4.79 Å². The molecular formula is C27H48O4Si. The highest BCUT2D eigenvalue weighted by molar-refractivity contribution is 6.74. The molecule has 0 amide bonds. The van der Waals surface area contributed by atoms with Crippen molar-refractivity contribution in [3.05, 3.63) is 0 Å². The van der Waals surface area contributed by atoms with Crippen LogP contribution >= 0.6 is 0 Å². The van der Waals surface area contributed by atoms with Crippen molar-refractivity contribution in [2.75, 3.05) is 6.61 Å². The van der Waals surface area contributed by atoms with Crippen LogP contribution in [0.5, 0.6) is 0 Å². The fourth-order valence-corrected chi connectivity index (χ4v) is 9.95. The van der Waals surface area contributed by atoms with Crippen molar-refractivity contribution < 1.29 is 19.1 Å². The second-order valence-electron chi connectivity index (χ2n) is 13.7. The van der Waals surface area contributed by atoms with Crippen LogP contribution in [-0.2, 0) is 14.0 Å². The molecule has 184 valence electrons. The molecule has 0 aliphatic heterocycles. The van der Waals surface area contributed by atoms with E-state index >= 15 is 0 Å². The van der Waals surface area contributed by atoms with Crippen molar-refractivity contribution in [1.29, 1.82) is 0 Å². The minimum absolute atomic E-state index is 0.0614. The maximum Gasteiger partial charge on any atom is 0.329 e. The van der Waals surface area contributed by atoms with E-state index in [1.165, 1.54) is 44.9 Å². The molecule has 0 heterocycles. The third-order valence-corrected chi connectivity index (χ3v) is 15.7. The van der Waals surface area contributed by atoms with Gasteiger partial charge in [-0.15, -0.1) is 0 Å². The van der Waals surface area contributed by atoms with Crippen LogP contribution in [0.1, 0.15) is 98.8 Å². The number of carboxylic acids is 1. The van der Waals surface area contributed by atoms with E-state index < -0.39 is 20.1 Å². The van der Waals surface area contributed by atoms with Crippen molar-refractivity contribution in [1.82, 2.24) is 0 Å². The van der Waals surface area contributed by atoms with Crippen LogP contribution in [0.25, 0.3) is 0 Å². The Morgan fingerprint density at radius 3 is 2.31 bits per heavy atom. The summed E-state index contributed by atoms with van der Waals surface area (Å²) >= 11 is 0. The van der Waals surface area contributed by atoms with Gasteiger partial charge in [0.25, 0.3) is 0 Å². The Morgan fingerprint density at radius 2 is 1.66 bits per heavy atom. The van der Waals surface area contributed by atoms with Gasteiger partial charge in [-0.1, -0.05) is 47.5 Å². The molecule has 0 aromatic rings. The Morgan fingerprint density at radius 1 is 0.969 bits per heavy atom. The molecule has 1 unspecified atom stereocenters. The van der Waals surface area contributed by atoms with E-state index in [4.69, 9.17) is 9.16 Å². The van der Waals surface area contributed by atoms with Gasteiger partial charge in [-0.3, -0.25) is 0 Å².